The molecule has 52 valence electrons. The Kier molecular flexibility index (Phi) is 8.81. The zero-order valence-electron chi connectivity index (χ0n) is 4.27. The van der Waals surface area contributed by atoms with Crippen molar-refractivity contribution < 1.29 is 9.90 Å². The molecule has 9 heavy (non-hydrogen) atoms. The van der Waals surface area contributed by atoms with Crippen LogP contribution >= 0.6 is 12.2 Å². The molecule has 0 spiro atoms. The number of thiocarbonyl (C=S) groups is 1. The Labute approximate surface area is 62.2 Å². The van der Waals surface area contributed by atoms with Crippen molar-refractivity contribution in [1.82, 2.24) is 0 Å². The summed E-state index contributed by atoms with van der Waals surface area (Å²) in [4.78, 5) is 9.10. The molecule has 7 heteroatoms. The molecule has 0 aliphatic heterocycles. The number of hydrogen-bond donors (Lipinski definition) is 3. The van der Waals surface area contributed by atoms with Crippen LogP contribution < -0.4 is 11.5 Å². The second kappa shape index (κ2) is 7.18. The van der Waals surface area contributed by atoms with Gasteiger partial charge in [-0.25, -0.2) is 4.79 Å². The van der Waals surface area contributed by atoms with Crippen molar-refractivity contribution in [3.63, 3.8) is 0 Å². The zero-order chi connectivity index (χ0) is 7.86. The molecule has 0 fully saturated rings. The van der Waals surface area contributed by atoms with Gasteiger partial charge in [0.1, 0.15) is 0 Å². The third kappa shape index (κ3) is 138. The van der Waals surface area contributed by atoms with E-state index in [1.165, 1.54) is 0 Å². The largest absolute Gasteiger partial charge is 0.463 e. The third-order valence-electron chi connectivity index (χ3n) is 0.0781. The maximum atomic E-state index is 9.10. The highest BCUT2D eigenvalue weighted by Crippen LogP contribution is 1.60. The monoisotopic (exact) mass is 167 g/mol. The molecule has 0 heterocycles. The van der Waals surface area contributed by atoms with Crippen LogP contribution in [0.3, 0.4) is 0 Å². The maximum Gasteiger partial charge on any atom is 0.442 e. The van der Waals surface area contributed by atoms with E-state index in [0.717, 1.165) is 0 Å². The Bertz CT molecular complexity index is 121. The molecule has 0 saturated heterocycles. The molecule has 0 aliphatic rings. The molecule has 0 radical (unpaired) electrons. The second-order valence-electron chi connectivity index (χ2n) is 0.776. The van der Waals surface area contributed by atoms with E-state index in [-0.39, 0.29) is 5.11 Å². The fourth-order valence-corrected chi connectivity index (χ4v) is 0. The van der Waals surface area contributed by atoms with Crippen molar-refractivity contribution in [2.24, 2.45) is 15.8 Å². The van der Waals surface area contributed by atoms with Gasteiger partial charge in [0, 0.05) is 12.4 Å². The summed E-state index contributed by atoms with van der Waals surface area (Å²) >= 11 is 7.79. The fourth-order valence-electron chi connectivity index (χ4n) is 0. The van der Waals surface area contributed by atoms with Gasteiger partial charge in [0.15, 0.2) is 5.11 Å². The Morgan fingerprint density at radius 2 is 1.67 bits per heavy atom. The van der Waals surface area contributed by atoms with Crippen molar-refractivity contribution >= 4 is 35.8 Å². The van der Waals surface area contributed by atoms with Gasteiger partial charge in [-0.2, -0.15) is 0 Å². The number of amides is 1. The first-order valence-electron chi connectivity index (χ1n) is 1.62. The standard InChI is InChI=1S/CH4N2S.CHNO2S/c2-1(3)4;3-1(4)2-5/h(H4,2,3,4);(H,3,4). The minimum Gasteiger partial charge on any atom is -0.463 e. The first-order chi connectivity index (χ1) is 4.00. The summed E-state index contributed by atoms with van der Waals surface area (Å²) in [6.07, 6.45) is -1.31. The van der Waals surface area contributed by atoms with E-state index in [4.69, 9.17) is 9.90 Å². The van der Waals surface area contributed by atoms with Gasteiger partial charge in [0.25, 0.3) is 0 Å². The number of rotatable bonds is 0. The molecule has 0 aromatic rings. The third-order valence-corrected chi connectivity index (χ3v) is 0.234. The van der Waals surface area contributed by atoms with Crippen molar-refractivity contribution in [3.8, 4) is 0 Å². The lowest BCUT2D eigenvalue weighted by Crippen LogP contribution is -2.18. The Morgan fingerprint density at radius 1 is 1.56 bits per heavy atom. The van der Waals surface area contributed by atoms with E-state index in [0.29, 0.717) is 0 Å². The van der Waals surface area contributed by atoms with E-state index in [1.54, 1.807) is 0 Å². The van der Waals surface area contributed by atoms with Gasteiger partial charge >= 0.3 is 6.09 Å². The fraction of sp³-hybridized carbons (Fsp3) is 0. The number of nitrogens with zero attached hydrogens (tertiary/aromatic N) is 1. The lowest BCUT2D eigenvalue weighted by atomic mass is 11.3. The summed E-state index contributed by atoms with van der Waals surface area (Å²) in [5, 5.41) is 7.45. The molecule has 0 bridgehead atoms. The van der Waals surface area contributed by atoms with Crippen LogP contribution in [0.15, 0.2) is 4.36 Å². The minimum absolute atomic E-state index is 0.000000000000000222. The lowest BCUT2D eigenvalue weighted by molar-refractivity contribution is 0.206. The first-order valence-corrected chi connectivity index (χ1v) is 2.39. The summed E-state index contributed by atoms with van der Waals surface area (Å²) in [5.74, 6) is 0. The lowest BCUT2D eigenvalue weighted by Gasteiger charge is -1.68. The van der Waals surface area contributed by atoms with Crippen LogP contribution in [-0.2, 0) is 12.4 Å². The van der Waals surface area contributed by atoms with Crippen LogP contribution in [0, 0.1) is 0 Å². The summed E-state index contributed by atoms with van der Waals surface area (Å²) in [5.41, 5.74) is 9.24. The Morgan fingerprint density at radius 3 is 1.67 bits per heavy atom. The molecule has 0 saturated carbocycles. The number of hydrogen-bond acceptors (Lipinski definition) is 3. The molecule has 0 aromatic carbocycles. The van der Waals surface area contributed by atoms with Crippen LogP contribution in [0.5, 0.6) is 0 Å². The van der Waals surface area contributed by atoms with Crippen molar-refractivity contribution in [2.45, 2.75) is 0 Å². The molecule has 0 aliphatic carbocycles. The van der Waals surface area contributed by atoms with Gasteiger partial charge in [-0.05, 0) is 12.2 Å². The summed E-state index contributed by atoms with van der Waals surface area (Å²) in [7, 11) is 0. The highest BCUT2D eigenvalue weighted by atomic mass is 32.1. The van der Waals surface area contributed by atoms with Crippen molar-refractivity contribution in [2.75, 3.05) is 0 Å². The molecule has 0 unspecified atom stereocenters. The summed E-state index contributed by atoms with van der Waals surface area (Å²) < 4.78 is 2.39. The van der Waals surface area contributed by atoms with Gasteiger partial charge in [0.05, 0.1) is 0 Å². The van der Waals surface area contributed by atoms with Crippen molar-refractivity contribution in [1.29, 1.82) is 0 Å². The maximum absolute atomic E-state index is 9.10. The highest BCUT2D eigenvalue weighted by Gasteiger charge is 1.77. The van der Waals surface area contributed by atoms with Crippen LogP contribution in [-0.4, -0.2) is 16.3 Å². The molecule has 5 nitrogen and oxygen atoms in total. The number of nitrogens with two attached hydrogens (primary N) is 2. The van der Waals surface area contributed by atoms with E-state index < -0.39 is 6.09 Å². The number of carbonyl (C=O) groups is 1. The Hall–Kier alpha value is -0.820. The topological polar surface area (TPSA) is 102 Å². The second-order valence-corrected chi connectivity index (χ2v) is 1.43. The van der Waals surface area contributed by atoms with Gasteiger partial charge < -0.3 is 16.6 Å². The molecule has 0 rings (SSSR count). The number of carboxylic acid groups (broad SMARTS) is 1. The van der Waals surface area contributed by atoms with Gasteiger partial charge in [-0.3, -0.25) is 0 Å². The van der Waals surface area contributed by atoms with E-state index >= 15 is 0 Å². The predicted molar refractivity (Wildman–Crippen MR) is 38.8 cm³/mol. The van der Waals surface area contributed by atoms with Gasteiger partial charge in [-0.1, -0.05) is 0 Å². The molecule has 0 atom stereocenters. The van der Waals surface area contributed by atoms with Crippen LogP contribution in [0.25, 0.3) is 0 Å². The average Bonchev–Trinajstić information content (AvgIpc) is 1.65. The van der Waals surface area contributed by atoms with Crippen LogP contribution in [0.4, 0.5) is 4.79 Å². The molecule has 0 aromatic heterocycles. The van der Waals surface area contributed by atoms with E-state index in [2.05, 4.69) is 40.5 Å². The molecule has 1 amide bonds. The highest BCUT2D eigenvalue weighted by molar-refractivity contribution is 7.80. The van der Waals surface area contributed by atoms with Crippen molar-refractivity contribution in [3.05, 3.63) is 0 Å². The van der Waals surface area contributed by atoms with Gasteiger partial charge in [0.2, 0.25) is 0 Å². The summed E-state index contributed by atoms with van der Waals surface area (Å²) in [6.45, 7) is 0. The van der Waals surface area contributed by atoms with E-state index in [1.807, 2.05) is 0 Å². The van der Waals surface area contributed by atoms with Crippen LogP contribution in [0.2, 0.25) is 0 Å². The quantitative estimate of drug-likeness (QED) is 0.424. The minimum atomic E-state index is -1.31. The van der Waals surface area contributed by atoms with E-state index in [9.17, 15) is 0 Å². The zero-order valence-corrected chi connectivity index (χ0v) is 5.91. The summed E-state index contributed by atoms with van der Waals surface area (Å²) in [6, 6.07) is 0. The predicted octanol–water partition coefficient (Wildman–Crippen LogP) is -0.416. The van der Waals surface area contributed by atoms with Gasteiger partial charge in [-0.15, -0.1) is 4.36 Å². The normalized spacial score (nSPS) is 6.22. The molecular weight excluding hydrogens is 162 g/mol. The molecular formula is C2H5N3O2S2. The smallest absolute Gasteiger partial charge is 0.442 e. The Balaban J connectivity index is 0. The SMILES string of the molecule is NC(N)=S.O=C(O)N=S. The first kappa shape index (κ1) is 11.0. The van der Waals surface area contributed by atoms with Crippen LogP contribution in [0.1, 0.15) is 0 Å². The average molecular weight is 167 g/mol. The molecule has 5 N–H and O–H groups in total.